The number of imidazole rings is 1. The van der Waals surface area contributed by atoms with E-state index in [1.54, 1.807) is 10.9 Å². The van der Waals surface area contributed by atoms with Crippen molar-refractivity contribution >= 4 is 57.7 Å². The first-order chi connectivity index (χ1) is 19.7. The smallest absolute Gasteiger partial charge is 0.411 e. The predicted octanol–water partition coefficient (Wildman–Crippen LogP) is 3.88. The quantitative estimate of drug-likeness (QED) is 0.220. The zero-order valence-electron chi connectivity index (χ0n) is 23.1. The van der Waals surface area contributed by atoms with Crippen molar-refractivity contribution in [3.8, 4) is 0 Å². The zero-order valence-corrected chi connectivity index (χ0v) is 25.7. The largest absolute Gasteiger partial charge is 0.440 e. The van der Waals surface area contributed by atoms with Gasteiger partial charge in [-0.2, -0.15) is 0 Å². The number of nitrogens with two attached hydrogens (primary N) is 1. The lowest BCUT2D eigenvalue weighted by atomic mass is 10.2. The van der Waals surface area contributed by atoms with Crippen LogP contribution < -0.4 is 21.4 Å². The summed E-state index contributed by atoms with van der Waals surface area (Å²) in [4.78, 5) is 24.9. The highest BCUT2D eigenvalue weighted by atomic mass is 79.9. The normalized spacial score (nSPS) is 21.1. The van der Waals surface area contributed by atoms with Crippen molar-refractivity contribution in [1.82, 2.24) is 24.8 Å². The molecule has 12 heteroatoms. The molecule has 1 saturated heterocycles. The Hall–Kier alpha value is -3.58. The van der Waals surface area contributed by atoms with Crippen molar-refractivity contribution in [3.05, 3.63) is 86.1 Å². The van der Waals surface area contributed by atoms with Crippen molar-refractivity contribution in [1.29, 1.82) is 0 Å². The van der Waals surface area contributed by atoms with Crippen LogP contribution in [0.2, 0.25) is 5.04 Å². The summed E-state index contributed by atoms with van der Waals surface area (Å²) in [5.74, 6) is 0.246. The molecule has 0 bridgehead atoms. The van der Waals surface area contributed by atoms with Gasteiger partial charge in [-0.3, -0.25) is 9.88 Å². The molecule has 3 heterocycles. The van der Waals surface area contributed by atoms with Crippen LogP contribution >= 0.6 is 15.9 Å². The number of hydrogen-bond donors (Lipinski definition) is 2. The number of ether oxygens (including phenoxy) is 2. The summed E-state index contributed by atoms with van der Waals surface area (Å²) >= 11 is 3.77. The number of nitrogen functional groups attached to an aromatic ring is 1. The third kappa shape index (κ3) is 5.40. The van der Waals surface area contributed by atoms with E-state index < -0.39 is 37.7 Å². The highest BCUT2D eigenvalue weighted by Crippen LogP contribution is 2.41. The van der Waals surface area contributed by atoms with Crippen LogP contribution in [0.15, 0.2) is 86.1 Å². The van der Waals surface area contributed by atoms with E-state index in [4.69, 9.17) is 19.6 Å². The lowest BCUT2D eigenvalue weighted by Gasteiger charge is -2.43. The molecule has 5 rings (SSSR count). The van der Waals surface area contributed by atoms with Gasteiger partial charge in [0.2, 0.25) is 0 Å². The van der Waals surface area contributed by atoms with Crippen molar-refractivity contribution < 1.29 is 18.7 Å². The van der Waals surface area contributed by atoms with Gasteiger partial charge in [-0.05, 0) is 21.6 Å². The van der Waals surface area contributed by atoms with E-state index in [1.807, 2.05) is 36.4 Å². The fourth-order valence-electron chi connectivity index (χ4n) is 5.44. The number of rotatable bonds is 8. The molecule has 2 aromatic carbocycles. The first-order valence-electron chi connectivity index (χ1n) is 13.2. The van der Waals surface area contributed by atoms with Crippen molar-refractivity contribution in [3.63, 3.8) is 0 Å². The van der Waals surface area contributed by atoms with E-state index in [0.29, 0.717) is 11.2 Å². The summed E-state index contributed by atoms with van der Waals surface area (Å²) in [6, 6.07) is 20.8. The number of nitrogens with zero attached hydrogens (tertiary/aromatic N) is 4. The predicted molar refractivity (Wildman–Crippen MR) is 164 cm³/mol. The number of fused-ring (bicyclic) bond motifs is 1. The van der Waals surface area contributed by atoms with Gasteiger partial charge in [-0.1, -0.05) is 104 Å². The molecule has 1 fully saturated rings. The number of amides is 1. The molecule has 0 aliphatic carbocycles. The van der Waals surface area contributed by atoms with Crippen molar-refractivity contribution in [2.24, 2.45) is 0 Å². The van der Waals surface area contributed by atoms with Crippen LogP contribution in [-0.2, 0) is 13.9 Å². The Bertz CT molecular complexity index is 1470. The molecular formula is C29H33BrN6O4Si. The summed E-state index contributed by atoms with van der Waals surface area (Å²) in [6.07, 6.45) is 1.53. The molecule has 41 heavy (non-hydrogen) atoms. The molecule has 4 aromatic rings. The van der Waals surface area contributed by atoms with Crippen molar-refractivity contribution in [2.45, 2.75) is 49.1 Å². The van der Waals surface area contributed by atoms with Gasteiger partial charge in [0.15, 0.2) is 23.8 Å². The standard InChI is InChI=1S/C29H33BrN6O4Si/c1-5-32-28(37)40-24-22(30)21(39-27(24)36-18-35-23-25(31)33-17-34-26(23)36)16-38-41(29(2,3)4,19-12-8-6-9-13-19)20-14-10-7-11-15-20/h5-15,17-18,21-22,24,27H,1,16H2,2-4H3,(H,32,37)(H2,31,33,34)/t21-,22+,24-,27-/m1/s1. The second kappa shape index (κ2) is 11.7. The van der Waals surface area contributed by atoms with Gasteiger partial charge in [0, 0.05) is 0 Å². The molecule has 1 aliphatic rings. The molecule has 0 radical (unpaired) electrons. The van der Waals surface area contributed by atoms with Gasteiger partial charge in [-0.15, -0.1) is 0 Å². The molecule has 10 nitrogen and oxygen atoms in total. The maximum absolute atomic E-state index is 12.5. The lowest BCUT2D eigenvalue weighted by molar-refractivity contribution is -0.0496. The summed E-state index contributed by atoms with van der Waals surface area (Å²) in [7, 11) is -2.84. The minimum atomic E-state index is -2.84. The van der Waals surface area contributed by atoms with Crippen LogP contribution in [0.25, 0.3) is 11.2 Å². The molecule has 1 amide bonds. The molecule has 214 valence electrons. The fourth-order valence-corrected chi connectivity index (χ4v) is 10.7. The third-order valence-electron chi connectivity index (χ3n) is 7.27. The topological polar surface area (TPSA) is 126 Å². The number of benzene rings is 2. The number of halogens is 1. The van der Waals surface area contributed by atoms with Crippen LogP contribution in [-0.4, -0.2) is 57.6 Å². The number of anilines is 1. The average molecular weight is 638 g/mol. The fraction of sp³-hybridized carbons (Fsp3) is 0.310. The first-order valence-corrected chi connectivity index (χ1v) is 16.1. The molecule has 4 atom stereocenters. The number of nitrogens with one attached hydrogen (secondary N) is 1. The minimum Gasteiger partial charge on any atom is -0.440 e. The number of carbonyl (C=O) groups is 1. The van der Waals surface area contributed by atoms with Crippen LogP contribution in [0, 0.1) is 0 Å². The van der Waals surface area contributed by atoms with E-state index in [-0.39, 0.29) is 17.5 Å². The Kier molecular flexibility index (Phi) is 8.27. The molecule has 0 unspecified atom stereocenters. The highest BCUT2D eigenvalue weighted by molar-refractivity contribution is 9.09. The molecule has 3 N–H and O–H groups in total. The van der Waals surface area contributed by atoms with E-state index in [9.17, 15) is 4.79 Å². The number of hydrogen-bond acceptors (Lipinski definition) is 8. The summed E-state index contributed by atoms with van der Waals surface area (Å²) in [5, 5.41) is 4.57. The Morgan fingerprint density at radius 1 is 1.12 bits per heavy atom. The SMILES string of the molecule is C=CNC(=O)O[C@@H]1[C@@H](Br)[C@@H](CO[Si](c2ccccc2)(c2ccccc2)C(C)(C)C)O[C@H]1n1cnc2c(N)ncnc21. The van der Waals surface area contributed by atoms with Gasteiger partial charge in [0.05, 0.1) is 23.9 Å². The maximum atomic E-state index is 12.5. The van der Waals surface area contributed by atoms with Gasteiger partial charge in [-0.25, -0.2) is 19.7 Å². The van der Waals surface area contributed by atoms with E-state index >= 15 is 0 Å². The summed E-state index contributed by atoms with van der Waals surface area (Å²) in [5.41, 5.74) is 6.93. The minimum absolute atomic E-state index is 0.218. The number of carbonyl (C=O) groups excluding carboxylic acids is 1. The lowest BCUT2D eigenvalue weighted by Crippen LogP contribution is -2.67. The zero-order chi connectivity index (χ0) is 29.2. The van der Waals surface area contributed by atoms with Gasteiger partial charge >= 0.3 is 6.09 Å². The van der Waals surface area contributed by atoms with E-state index in [2.05, 4.69) is 87.8 Å². The van der Waals surface area contributed by atoms with Crippen LogP contribution in [0.3, 0.4) is 0 Å². The highest BCUT2D eigenvalue weighted by Gasteiger charge is 2.53. The number of aromatic nitrogens is 4. The van der Waals surface area contributed by atoms with Crippen LogP contribution in [0.1, 0.15) is 27.0 Å². The number of alkyl halides is 1. The van der Waals surface area contributed by atoms with E-state index in [1.165, 1.54) is 12.5 Å². The second-order valence-electron chi connectivity index (χ2n) is 10.8. The molecular weight excluding hydrogens is 604 g/mol. The molecule has 0 spiro atoms. The average Bonchev–Trinajstić information content (AvgIpc) is 3.51. The monoisotopic (exact) mass is 636 g/mol. The maximum Gasteiger partial charge on any atom is 0.411 e. The third-order valence-corrected chi connectivity index (χ3v) is 13.4. The molecule has 2 aromatic heterocycles. The Labute approximate surface area is 248 Å². The second-order valence-corrected chi connectivity index (χ2v) is 16.1. The van der Waals surface area contributed by atoms with Crippen LogP contribution in [0.4, 0.5) is 10.6 Å². The summed E-state index contributed by atoms with van der Waals surface area (Å²) < 4.78 is 21.2. The molecule has 1 aliphatic heterocycles. The van der Waals surface area contributed by atoms with Gasteiger partial charge in [0.25, 0.3) is 8.32 Å². The van der Waals surface area contributed by atoms with Gasteiger partial charge in [0.1, 0.15) is 11.8 Å². The number of alkyl carbamates (subject to hydrolysis) is 1. The van der Waals surface area contributed by atoms with Crippen molar-refractivity contribution in [2.75, 3.05) is 12.3 Å². The Morgan fingerprint density at radius 3 is 2.34 bits per heavy atom. The first kappa shape index (κ1) is 28.9. The Morgan fingerprint density at radius 2 is 1.76 bits per heavy atom. The van der Waals surface area contributed by atoms with E-state index in [0.717, 1.165) is 10.4 Å². The van der Waals surface area contributed by atoms with Gasteiger partial charge < -0.3 is 19.6 Å². The molecule has 0 saturated carbocycles. The summed E-state index contributed by atoms with van der Waals surface area (Å²) in [6.45, 7) is 10.4. The Balaban J connectivity index is 1.52. The van der Waals surface area contributed by atoms with Crippen LogP contribution in [0.5, 0.6) is 0 Å².